The van der Waals surface area contributed by atoms with E-state index < -0.39 is 0 Å². The Labute approximate surface area is 116 Å². The highest BCUT2D eigenvalue weighted by atomic mass is 16.3. The molecule has 1 heterocycles. The Bertz CT molecular complexity index is 392. The average Bonchev–Trinajstić information content (AvgIpc) is 2.48. The molecule has 3 atom stereocenters. The second-order valence-corrected chi connectivity index (χ2v) is 6.31. The fraction of sp³-hybridized carbons (Fsp3) is 0.647. The third kappa shape index (κ3) is 3.01. The van der Waals surface area contributed by atoms with Crippen LogP contribution >= 0.6 is 0 Å². The lowest BCUT2D eigenvalue weighted by atomic mass is 9.75. The highest BCUT2D eigenvalue weighted by molar-refractivity contribution is 5.15. The topological polar surface area (TPSA) is 23.5 Å². The first kappa shape index (κ1) is 13.1. The Balaban J connectivity index is 1.73. The maximum atomic E-state index is 9.54. The molecule has 1 saturated heterocycles. The van der Waals surface area contributed by atoms with Gasteiger partial charge in [-0.2, -0.15) is 0 Å². The molecule has 1 saturated carbocycles. The maximum absolute atomic E-state index is 9.54. The second kappa shape index (κ2) is 6.06. The van der Waals surface area contributed by atoms with Crippen molar-refractivity contribution >= 4 is 0 Å². The molecule has 104 valence electrons. The lowest BCUT2D eigenvalue weighted by Gasteiger charge is -2.47. The van der Waals surface area contributed by atoms with Crippen molar-refractivity contribution in [3.8, 4) is 0 Å². The molecule has 0 unspecified atom stereocenters. The summed E-state index contributed by atoms with van der Waals surface area (Å²) in [6.07, 6.45) is 6.74. The van der Waals surface area contributed by atoms with Crippen molar-refractivity contribution in [3.05, 3.63) is 35.9 Å². The maximum Gasteiger partial charge on any atom is 0.0471 e. The van der Waals surface area contributed by atoms with Crippen molar-refractivity contribution in [2.45, 2.75) is 44.7 Å². The van der Waals surface area contributed by atoms with Gasteiger partial charge in [-0.3, -0.25) is 4.90 Å². The predicted octanol–water partition coefficient (Wildman–Crippen LogP) is 3.06. The molecule has 19 heavy (non-hydrogen) atoms. The molecule has 1 N–H and O–H groups in total. The van der Waals surface area contributed by atoms with E-state index in [2.05, 4.69) is 35.2 Å². The minimum Gasteiger partial charge on any atom is -0.396 e. The minimum absolute atomic E-state index is 0.356. The highest BCUT2D eigenvalue weighted by Gasteiger charge is 2.36. The van der Waals surface area contributed by atoms with Crippen LogP contribution < -0.4 is 0 Å². The van der Waals surface area contributed by atoms with Gasteiger partial charge < -0.3 is 5.11 Å². The van der Waals surface area contributed by atoms with Crippen LogP contribution in [0.5, 0.6) is 0 Å². The molecule has 1 aromatic carbocycles. The third-order valence-electron chi connectivity index (χ3n) is 4.95. The molecular formula is C17H25NO. The lowest BCUT2D eigenvalue weighted by molar-refractivity contribution is 0.00530. The Morgan fingerprint density at radius 1 is 1.11 bits per heavy atom. The molecule has 0 radical (unpaired) electrons. The summed E-state index contributed by atoms with van der Waals surface area (Å²) in [7, 11) is 0. The quantitative estimate of drug-likeness (QED) is 0.902. The van der Waals surface area contributed by atoms with Gasteiger partial charge in [0, 0.05) is 25.7 Å². The van der Waals surface area contributed by atoms with Crippen molar-refractivity contribution in [1.82, 2.24) is 4.90 Å². The predicted molar refractivity (Wildman–Crippen MR) is 77.8 cm³/mol. The van der Waals surface area contributed by atoms with Crippen LogP contribution in [0.3, 0.4) is 0 Å². The molecule has 1 aliphatic heterocycles. The van der Waals surface area contributed by atoms with Crippen LogP contribution in [0.4, 0.5) is 0 Å². The SMILES string of the molecule is OC[C@H]1C[C@H]2CCCC[C@H]2N(Cc2ccccc2)C1. The summed E-state index contributed by atoms with van der Waals surface area (Å²) in [4.78, 5) is 2.64. The zero-order valence-electron chi connectivity index (χ0n) is 11.7. The summed E-state index contributed by atoms with van der Waals surface area (Å²) in [5.41, 5.74) is 1.41. The van der Waals surface area contributed by atoms with Gasteiger partial charge in [0.25, 0.3) is 0 Å². The van der Waals surface area contributed by atoms with Crippen LogP contribution in [-0.2, 0) is 6.54 Å². The van der Waals surface area contributed by atoms with Gasteiger partial charge in [0.2, 0.25) is 0 Å². The first-order valence-electron chi connectivity index (χ1n) is 7.75. The number of fused-ring (bicyclic) bond motifs is 1. The Morgan fingerprint density at radius 2 is 1.89 bits per heavy atom. The van der Waals surface area contributed by atoms with Crippen LogP contribution in [0, 0.1) is 11.8 Å². The first-order chi connectivity index (χ1) is 9.36. The molecular weight excluding hydrogens is 234 g/mol. The van der Waals surface area contributed by atoms with Crippen LogP contribution in [0.15, 0.2) is 30.3 Å². The van der Waals surface area contributed by atoms with Gasteiger partial charge in [0.05, 0.1) is 0 Å². The van der Waals surface area contributed by atoms with Gasteiger partial charge in [-0.25, -0.2) is 0 Å². The van der Waals surface area contributed by atoms with Crippen molar-refractivity contribution < 1.29 is 5.11 Å². The van der Waals surface area contributed by atoms with Gasteiger partial charge in [0.15, 0.2) is 0 Å². The van der Waals surface area contributed by atoms with Gasteiger partial charge in [0.1, 0.15) is 0 Å². The van der Waals surface area contributed by atoms with E-state index in [4.69, 9.17) is 0 Å². The zero-order valence-corrected chi connectivity index (χ0v) is 11.7. The smallest absolute Gasteiger partial charge is 0.0471 e. The number of piperidine rings is 1. The molecule has 2 fully saturated rings. The number of aliphatic hydroxyl groups excluding tert-OH is 1. The van der Waals surface area contributed by atoms with E-state index in [1.807, 2.05) is 0 Å². The largest absolute Gasteiger partial charge is 0.396 e. The van der Waals surface area contributed by atoms with Gasteiger partial charge in [-0.15, -0.1) is 0 Å². The molecule has 0 aromatic heterocycles. The molecule has 1 aromatic rings. The van der Waals surface area contributed by atoms with Gasteiger partial charge in [-0.05, 0) is 36.7 Å². The summed E-state index contributed by atoms with van der Waals surface area (Å²) in [6.45, 7) is 2.49. The highest BCUT2D eigenvalue weighted by Crippen LogP contribution is 2.37. The molecule has 2 aliphatic rings. The Hall–Kier alpha value is -0.860. The molecule has 0 amide bonds. The normalized spacial score (nSPS) is 31.9. The number of likely N-dealkylation sites (tertiary alicyclic amines) is 1. The number of rotatable bonds is 3. The fourth-order valence-corrected chi connectivity index (χ4v) is 4.05. The zero-order chi connectivity index (χ0) is 13.1. The van der Waals surface area contributed by atoms with Crippen LogP contribution in [-0.4, -0.2) is 29.2 Å². The standard InChI is InChI=1S/C17H25NO/c19-13-15-10-16-8-4-5-9-17(16)18(12-15)11-14-6-2-1-3-7-14/h1-3,6-7,15-17,19H,4-5,8-13H2/t15-,16+,17+/m0/s1. The van der Waals surface area contributed by atoms with Crippen LogP contribution in [0.2, 0.25) is 0 Å². The summed E-state index contributed by atoms with van der Waals surface area (Å²) in [6, 6.07) is 11.5. The summed E-state index contributed by atoms with van der Waals surface area (Å²) >= 11 is 0. The van der Waals surface area contributed by atoms with Crippen molar-refractivity contribution in [1.29, 1.82) is 0 Å². The molecule has 1 aliphatic carbocycles. The molecule has 2 nitrogen and oxygen atoms in total. The molecule has 3 rings (SSSR count). The van der Waals surface area contributed by atoms with Crippen molar-refractivity contribution in [2.24, 2.45) is 11.8 Å². The summed E-state index contributed by atoms with van der Waals surface area (Å²) < 4.78 is 0. The number of benzene rings is 1. The molecule has 2 heteroatoms. The van der Waals surface area contributed by atoms with Crippen molar-refractivity contribution in [2.75, 3.05) is 13.2 Å². The van der Waals surface area contributed by atoms with E-state index in [0.29, 0.717) is 12.5 Å². The summed E-state index contributed by atoms with van der Waals surface area (Å²) in [5.74, 6) is 1.31. The second-order valence-electron chi connectivity index (χ2n) is 6.31. The minimum atomic E-state index is 0.356. The first-order valence-corrected chi connectivity index (χ1v) is 7.75. The Morgan fingerprint density at radius 3 is 2.68 bits per heavy atom. The van der Waals surface area contributed by atoms with E-state index in [0.717, 1.165) is 25.0 Å². The van der Waals surface area contributed by atoms with E-state index >= 15 is 0 Å². The summed E-state index contributed by atoms with van der Waals surface area (Å²) in [5, 5.41) is 9.54. The van der Waals surface area contributed by atoms with E-state index in [1.54, 1.807) is 0 Å². The van der Waals surface area contributed by atoms with E-state index in [-0.39, 0.29) is 0 Å². The van der Waals surface area contributed by atoms with Gasteiger partial charge in [-0.1, -0.05) is 43.2 Å². The number of nitrogens with zero attached hydrogens (tertiary/aromatic N) is 1. The molecule has 0 bridgehead atoms. The number of hydrogen-bond acceptors (Lipinski definition) is 2. The van der Waals surface area contributed by atoms with Crippen LogP contribution in [0.25, 0.3) is 0 Å². The Kier molecular flexibility index (Phi) is 4.19. The fourth-order valence-electron chi connectivity index (χ4n) is 4.05. The average molecular weight is 259 g/mol. The molecule has 0 spiro atoms. The van der Waals surface area contributed by atoms with Crippen LogP contribution in [0.1, 0.15) is 37.7 Å². The number of hydrogen-bond donors (Lipinski definition) is 1. The monoisotopic (exact) mass is 259 g/mol. The lowest BCUT2D eigenvalue weighted by Crippen LogP contribution is -2.50. The van der Waals surface area contributed by atoms with E-state index in [9.17, 15) is 5.11 Å². The van der Waals surface area contributed by atoms with Crippen molar-refractivity contribution in [3.63, 3.8) is 0 Å². The number of aliphatic hydroxyl groups is 1. The van der Waals surface area contributed by atoms with E-state index in [1.165, 1.54) is 37.7 Å². The van der Waals surface area contributed by atoms with Gasteiger partial charge >= 0.3 is 0 Å². The third-order valence-corrected chi connectivity index (χ3v) is 4.95.